The first-order valence-corrected chi connectivity index (χ1v) is 7.59. The van der Waals surface area contributed by atoms with E-state index in [0.29, 0.717) is 6.04 Å². The van der Waals surface area contributed by atoms with Gasteiger partial charge in [0.2, 0.25) is 0 Å². The number of piperazine rings is 1. The molecule has 0 amide bonds. The minimum Gasteiger partial charge on any atom is -0.304 e. The Labute approximate surface area is 118 Å². The van der Waals surface area contributed by atoms with Crippen LogP contribution in [0.2, 0.25) is 0 Å². The average molecular weight is 266 g/mol. The Hall–Kier alpha value is -0.630. The summed E-state index contributed by atoms with van der Waals surface area (Å²) in [6, 6.07) is 3.07. The van der Waals surface area contributed by atoms with Gasteiger partial charge in [0.1, 0.15) is 5.54 Å². The van der Waals surface area contributed by atoms with Gasteiger partial charge in [-0.3, -0.25) is 10.2 Å². The lowest BCUT2D eigenvalue weighted by Gasteiger charge is -2.38. The lowest BCUT2D eigenvalue weighted by atomic mass is 9.97. The van der Waals surface area contributed by atoms with Crippen LogP contribution < -0.4 is 5.32 Å². The van der Waals surface area contributed by atoms with Crippen molar-refractivity contribution >= 4 is 0 Å². The molecule has 1 aliphatic rings. The summed E-state index contributed by atoms with van der Waals surface area (Å²) < 4.78 is 0. The Morgan fingerprint density at radius 1 is 1.42 bits per heavy atom. The number of hydrogen-bond donors (Lipinski definition) is 1. The topological polar surface area (TPSA) is 42.3 Å². The summed E-state index contributed by atoms with van der Waals surface area (Å²) in [5.41, 5.74) is -0.355. The van der Waals surface area contributed by atoms with E-state index < -0.39 is 0 Å². The quantitative estimate of drug-likeness (QED) is 0.761. The molecule has 19 heavy (non-hydrogen) atoms. The molecule has 1 N–H and O–H groups in total. The predicted octanol–water partition coefficient (Wildman–Crippen LogP) is 1.68. The third-order valence-electron chi connectivity index (χ3n) is 4.10. The number of rotatable bonds is 7. The first-order valence-electron chi connectivity index (χ1n) is 7.59. The first kappa shape index (κ1) is 16.4. The number of hydrogen-bond acceptors (Lipinski definition) is 4. The molecule has 1 fully saturated rings. The lowest BCUT2D eigenvalue weighted by Crippen LogP contribution is -2.51. The zero-order valence-electron chi connectivity index (χ0n) is 13.1. The number of nitriles is 1. The molecule has 0 aromatic carbocycles. The average Bonchev–Trinajstić information content (AvgIpc) is 2.39. The van der Waals surface area contributed by atoms with Crippen molar-refractivity contribution in [2.24, 2.45) is 0 Å². The third-order valence-corrected chi connectivity index (χ3v) is 4.10. The van der Waals surface area contributed by atoms with Crippen LogP contribution in [0.1, 0.15) is 40.0 Å². The minimum absolute atomic E-state index is 0.355. The highest BCUT2D eigenvalue weighted by atomic mass is 15.3. The largest absolute Gasteiger partial charge is 0.304 e. The molecule has 0 aliphatic carbocycles. The Balaban J connectivity index is 2.30. The summed E-state index contributed by atoms with van der Waals surface area (Å²) in [6.07, 6.45) is 3.10. The fraction of sp³-hybridized carbons (Fsp3) is 0.933. The Morgan fingerprint density at radius 3 is 2.74 bits per heavy atom. The number of nitrogens with zero attached hydrogens (tertiary/aromatic N) is 3. The van der Waals surface area contributed by atoms with Crippen LogP contribution in [-0.2, 0) is 0 Å². The zero-order valence-corrected chi connectivity index (χ0v) is 13.1. The van der Waals surface area contributed by atoms with Gasteiger partial charge >= 0.3 is 0 Å². The second-order valence-electron chi connectivity index (χ2n) is 6.12. The van der Waals surface area contributed by atoms with Crippen LogP contribution in [0.25, 0.3) is 0 Å². The Kier molecular flexibility index (Phi) is 6.78. The maximum Gasteiger partial charge on any atom is 0.103 e. The number of nitrogens with one attached hydrogen (secondary N) is 1. The molecule has 4 heteroatoms. The van der Waals surface area contributed by atoms with Crippen LogP contribution in [-0.4, -0.2) is 61.2 Å². The fourth-order valence-electron chi connectivity index (χ4n) is 2.73. The summed E-state index contributed by atoms with van der Waals surface area (Å²) in [6.45, 7) is 12.0. The van der Waals surface area contributed by atoms with Gasteiger partial charge in [0.05, 0.1) is 6.07 Å². The van der Waals surface area contributed by atoms with E-state index in [9.17, 15) is 5.26 Å². The van der Waals surface area contributed by atoms with E-state index >= 15 is 0 Å². The SMILES string of the molecule is CCCNC(C)(C#N)CCCN1CCN(C)CC1C. The third kappa shape index (κ3) is 5.48. The van der Waals surface area contributed by atoms with Crippen molar-refractivity contribution in [3.8, 4) is 6.07 Å². The van der Waals surface area contributed by atoms with Crippen molar-refractivity contribution in [1.29, 1.82) is 5.26 Å². The van der Waals surface area contributed by atoms with Crippen molar-refractivity contribution < 1.29 is 0 Å². The second-order valence-corrected chi connectivity index (χ2v) is 6.12. The van der Waals surface area contributed by atoms with Gasteiger partial charge in [-0.25, -0.2) is 0 Å². The van der Waals surface area contributed by atoms with E-state index in [-0.39, 0.29) is 5.54 Å². The lowest BCUT2D eigenvalue weighted by molar-refractivity contribution is 0.0970. The monoisotopic (exact) mass is 266 g/mol. The molecule has 110 valence electrons. The summed E-state index contributed by atoms with van der Waals surface area (Å²) in [5.74, 6) is 0. The molecule has 0 radical (unpaired) electrons. The molecule has 0 bridgehead atoms. The first-order chi connectivity index (χ1) is 9.00. The molecule has 2 atom stereocenters. The smallest absolute Gasteiger partial charge is 0.103 e. The maximum absolute atomic E-state index is 9.30. The van der Waals surface area contributed by atoms with Crippen molar-refractivity contribution in [2.45, 2.75) is 51.6 Å². The molecule has 2 unspecified atom stereocenters. The molecular weight excluding hydrogens is 236 g/mol. The van der Waals surface area contributed by atoms with Crippen molar-refractivity contribution in [3.05, 3.63) is 0 Å². The molecule has 0 aromatic rings. The van der Waals surface area contributed by atoms with E-state index in [2.05, 4.69) is 42.1 Å². The summed E-state index contributed by atoms with van der Waals surface area (Å²) in [5, 5.41) is 12.7. The highest BCUT2D eigenvalue weighted by Gasteiger charge is 2.24. The van der Waals surface area contributed by atoms with E-state index in [1.54, 1.807) is 0 Å². The second kappa shape index (κ2) is 7.84. The summed E-state index contributed by atoms with van der Waals surface area (Å²) >= 11 is 0. The van der Waals surface area contributed by atoms with Crippen LogP contribution in [0.5, 0.6) is 0 Å². The molecule has 1 heterocycles. The predicted molar refractivity (Wildman–Crippen MR) is 80.1 cm³/mol. The standard InChI is InChI=1S/C15H30N4/c1-5-8-17-15(3,13-16)7-6-9-19-11-10-18(4)12-14(19)2/h14,17H,5-12H2,1-4H3. The van der Waals surface area contributed by atoms with Crippen LogP contribution in [0.15, 0.2) is 0 Å². The fourth-order valence-corrected chi connectivity index (χ4v) is 2.73. The highest BCUT2D eigenvalue weighted by Crippen LogP contribution is 2.14. The van der Waals surface area contributed by atoms with Crippen LogP contribution in [0.4, 0.5) is 0 Å². The van der Waals surface area contributed by atoms with E-state index in [1.807, 2.05) is 6.92 Å². The Morgan fingerprint density at radius 2 is 2.16 bits per heavy atom. The van der Waals surface area contributed by atoms with Gasteiger partial charge in [-0.05, 0) is 53.2 Å². The van der Waals surface area contributed by atoms with Crippen molar-refractivity contribution in [2.75, 3.05) is 39.8 Å². The molecule has 0 saturated carbocycles. The normalized spacial score (nSPS) is 24.9. The molecule has 1 saturated heterocycles. The maximum atomic E-state index is 9.30. The van der Waals surface area contributed by atoms with E-state index in [0.717, 1.165) is 52.0 Å². The molecule has 0 spiro atoms. The van der Waals surface area contributed by atoms with Gasteiger partial charge in [-0.15, -0.1) is 0 Å². The van der Waals surface area contributed by atoms with E-state index in [1.165, 1.54) is 0 Å². The molecule has 1 aliphatic heterocycles. The molecule has 0 aromatic heterocycles. The van der Waals surface area contributed by atoms with Crippen LogP contribution in [0.3, 0.4) is 0 Å². The highest BCUT2D eigenvalue weighted by molar-refractivity contribution is 5.03. The van der Waals surface area contributed by atoms with Gasteiger partial charge in [-0.1, -0.05) is 6.92 Å². The molecule has 4 nitrogen and oxygen atoms in total. The minimum atomic E-state index is -0.355. The Bertz CT molecular complexity index is 299. The van der Waals surface area contributed by atoms with Crippen LogP contribution in [0, 0.1) is 11.3 Å². The van der Waals surface area contributed by atoms with Crippen LogP contribution >= 0.6 is 0 Å². The summed E-state index contributed by atoms with van der Waals surface area (Å²) in [4.78, 5) is 4.95. The summed E-state index contributed by atoms with van der Waals surface area (Å²) in [7, 11) is 2.19. The zero-order chi connectivity index (χ0) is 14.3. The van der Waals surface area contributed by atoms with Crippen molar-refractivity contribution in [3.63, 3.8) is 0 Å². The van der Waals surface area contributed by atoms with Gasteiger partial charge in [0, 0.05) is 25.7 Å². The molecule has 1 rings (SSSR count). The number of likely N-dealkylation sites (N-methyl/N-ethyl adjacent to an activating group) is 1. The van der Waals surface area contributed by atoms with Crippen molar-refractivity contribution in [1.82, 2.24) is 15.1 Å². The van der Waals surface area contributed by atoms with Gasteiger partial charge in [0.15, 0.2) is 0 Å². The van der Waals surface area contributed by atoms with E-state index in [4.69, 9.17) is 0 Å². The molecular formula is C15H30N4. The van der Waals surface area contributed by atoms with Gasteiger partial charge in [-0.2, -0.15) is 5.26 Å². The van der Waals surface area contributed by atoms with Gasteiger partial charge in [0.25, 0.3) is 0 Å². The van der Waals surface area contributed by atoms with Gasteiger partial charge < -0.3 is 4.90 Å².